The van der Waals surface area contributed by atoms with E-state index in [0.717, 1.165) is 29.3 Å². The summed E-state index contributed by atoms with van der Waals surface area (Å²) in [5.74, 6) is 0. The van der Waals surface area contributed by atoms with E-state index in [4.69, 9.17) is 4.74 Å². The third kappa shape index (κ3) is 3.09. The standard InChI is InChI=1S/C17H20N2O/c1-3-6-14(12-20-2)19-17-10-9-13(11-18)15-7-4-5-8-16(15)17/h4-5,7-10,14,19H,3,6,12H2,1-2H3. The van der Waals surface area contributed by atoms with Crippen molar-refractivity contribution in [3.8, 4) is 6.07 Å². The lowest BCUT2D eigenvalue weighted by Crippen LogP contribution is -2.24. The highest BCUT2D eigenvalue weighted by atomic mass is 16.5. The fourth-order valence-electron chi connectivity index (χ4n) is 2.49. The maximum Gasteiger partial charge on any atom is 0.0998 e. The molecular formula is C17H20N2O. The quantitative estimate of drug-likeness (QED) is 0.863. The second-order valence-corrected chi connectivity index (χ2v) is 4.90. The third-order valence-electron chi connectivity index (χ3n) is 3.41. The summed E-state index contributed by atoms with van der Waals surface area (Å²) in [7, 11) is 1.72. The second kappa shape index (κ2) is 6.93. The molecule has 0 radical (unpaired) electrons. The zero-order valence-corrected chi connectivity index (χ0v) is 12.0. The van der Waals surface area contributed by atoms with Gasteiger partial charge >= 0.3 is 0 Å². The number of nitriles is 1. The van der Waals surface area contributed by atoms with Gasteiger partial charge in [-0.25, -0.2) is 0 Å². The maximum atomic E-state index is 9.19. The number of anilines is 1. The van der Waals surface area contributed by atoms with E-state index in [1.165, 1.54) is 0 Å². The van der Waals surface area contributed by atoms with Gasteiger partial charge in [0.25, 0.3) is 0 Å². The molecule has 0 saturated carbocycles. The van der Waals surface area contributed by atoms with E-state index in [0.29, 0.717) is 18.2 Å². The van der Waals surface area contributed by atoms with E-state index in [-0.39, 0.29) is 0 Å². The number of fused-ring (bicyclic) bond motifs is 1. The number of benzene rings is 2. The van der Waals surface area contributed by atoms with Crippen LogP contribution in [0.2, 0.25) is 0 Å². The Hall–Kier alpha value is -2.05. The molecule has 0 fully saturated rings. The number of nitrogens with zero attached hydrogens (tertiary/aromatic N) is 1. The van der Waals surface area contributed by atoms with Crippen LogP contribution in [0.3, 0.4) is 0 Å². The molecule has 0 saturated heterocycles. The minimum Gasteiger partial charge on any atom is -0.383 e. The molecule has 3 heteroatoms. The van der Waals surface area contributed by atoms with Gasteiger partial charge in [-0.2, -0.15) is 5.26 Å². The monoisotopic (exact) mass is 268 g/mol. The molecule has 0 aliphatic carbocycles. The van der Waals surface area contributed by atoms with E-state index >= 15 is 0 Å². The number of methoxy groups -OCH3 is 1. The van der Waals surface area contributed by atoms with Crippen LogP contribution in [0.25, 0.3) is 10.8 Å². The van der Waals surface area contributed by atoms with Gasteiger partial charge in [-0.1, -0.05) is 37.6 Å². The molecule has 0 amide bonds. The van der Waals surface area contributed by atoms with E-state index < -0.39 is 0 Å². The van der Waals surface area contributed by atoms with Gasteiger partial charge < -0.3 is 10.1 Å². The van der Waals surface area contributed by atoms with Crippen LogP contribution < -0.4 is 5.32 Å². The largest absolute Gasteiger partial charge is 0.383 e. The van der Waals surface area contributed by atoms with Crippen LogP contribution in [0.5, 0.6) is 0 Å². The first-order valence-electron chi connectivity index (χ1n) is 6.97. The molecule has 2 rings (SSSR count). The van der Waals surface area contributed by atoms with Gasteiger partial charge in [0.05, 0.1) is 18.2 Å². The Bertz CT molecular complexity index is 610. The second-order valence-electron chi connectivity index (χ2n) is 4.90. The Balaban J connectivity index is 2.37. The molecule has 20 heavy (non-hydrogen) atoms. The molecule has 3 nitrogen and oxygen atoms in total. The summed E-state index contributed by atoms with van der Waals surface area (Å²) < 4.78 is 5.27. The highest BCUT2D eigenvalue weighted by molar-refractivity contribution is 5.97. The van der Waals surface area contributed by atoms with Crippen LogP contribution in [0, 0.1) is 11.3 Å². The lowest BCUT2D eigenvalue weighted by molar-refractivity contribution is 0.182. The molecule has 0 aliphatic rings. The molecular weight excluding hydrogens is 248 g/mol. The van der Waals surface area contributed by atoms with Crippen molar-refractivity contribution < 1.29 is 4.74 Å². The maximum absolute atomic E-state index is 9.19. The molecule has 0 aliphatic heterocycles. The summed E-state index contributed by atoms with van der Waals surface area (Å²) in [5, 5.41) is 14.8. The molecule has 2 aromatic rings. The summed E-state index contributed by atoms with van der Waals surface area (Å²) in [5.41, 5.74) is 1.78. The van der Waals surface area contributed by atoms with Gasteiger partial charge in [0.2, 0.25) is 0 Å². The molecule has 0 aromatic heterocycles. The Morgan fingerprint density at radius 1 is 1.20 bits per heavy atom. The zero-order chi connectivity index (χ0) is 14.4. The number of ether oxygens (including phenoxy) is 1. The normalized spacial score (nSPS) is 12.1. The number of nitrogens with one attached hydrogen (secondary N) is 1. The van der Waals surface area contributed by atoms with Crippen molar-refractivity contribution in [3.05, 3.63) is 42.0 Å². The third-order valence-corrected chi connectivity index (χ3v) is 3.41. The summed E-state index contributed by atoms with van der Waals surface area (Å²) >= 11 is 0. The van der Waals surface area contributed by atoms with Crippen LogP contribution >= 0.6 is 0 Å². The molecule has 0 bridgehead atoms. The van der Waals surface area contributed by atoms with E-state index in [1.807, 2.05) is 36.4 Å². The Kier molecular flexibility index (Phi) is 4.97. The van der Waals surface area contributed by atoms with Crippen LogP contribution in [-0.4, -0.2) is 19.8 Å². The van der Waals surface area contributed by atoms with E-state index in [1.54, 1.807) is 7.11 Å². The van der Waals surface area contributed by atoms with E-state index in [9.17, 15) is 5.26 Å². The first-order chi connectivity index (χ1) is 9.80. The van der Waals surface area contributed by atoms with Crippen LogP contribution in [-0.2, 0) is 4.74 Å². The highest BCUT2D eigenvalue weighted by Crippen LogP contribution is 2.27. The average Bonchev–Trinajstić information content (AvgIpc) is 2.48. The lowest BCUT2D eigenvalue weighted by atomic mass is 10.0. The predicted molar refractivity (Wildman–Crippen MR) is 82.9 cm³/mol. The molecule has 1 unspecified atom stereocenters. The average molecular weight is 268 g/mol. The first kappa shape index (κ1) is 14.4. The molecule has 0 spiro atoms. The van der Waals surface area contributed by atoms with Crippen molar-refractivity contribution in [2.75, 3.05) is 19.0 Å². The fraction of sp³-hybridized carbons (Fsp3) is 0.353. The Morgan fingerprint density at radius 3 is 2.60 bits per heavy atom. The van der Waals surface area contributed by atoms with Crippen molar-refractivity contribution in [3.63, 3.8) is 0 Å². The van der Waals surface area contributed by atoms with Crippen LogP contribution in [0.4, 0.5) is 5.69 Å². The minimum atomic E-state index is 0.293. The fourth-order valence-corrected chi connectivity index (χ4v) is 2.49. The summed E-state index contributed by atoms with van der Waals surface area (Å²) in [4.78, 5) is 0. The van der Waals surface area contributed by atoms with Crippen molar-refractivity contribution in [2.24, 2.45) is 0 Å². The van der Waals surface area contributed by atoms with Crippen molar-refractivity contribution >= 4 is 16.5 Å². The van der Waals surface area contributed by atoms with Crippen molar-refractivity contribution in [1.29, 1.82) is 5.26 Å². The van der Waals surface area contributed by atoms with Gasteiger partial charge in [0.1, 0.15) is 0 Å². The topological polar surface area (TPSA) is 45.0 Å². The van der Waals surface area contributed by atoms with Gasteiger partial charge in [-0.05, 0) is 18.6 Å². The number of rotatable bonds is 6. The number of hydrogen-bond acceptors (Lipinski definition) is 3. The lowest BCUT2D eigenvalue weighted by Gasteiger charge is -2.20. The molecule has 2 aromatic carbocycles. The summed E-state index contributed by atoms with van der Waals surface area (Å²) in [6.07, 6.45) is 2.16. The van der Waals surface area contributed by atoms with Crippen molar-refractivity contribution in [1.82, 2.24) is 0 Å². The zero-order valence-electron chi connectivity index (χ0n) is 12.0. The van der Waals surface area contributed by atoms with Crippen molar-refractivity contribution in [2.45, 2.75) is 25.8 Å². The highest BCUT2D eigenvalue weighted by Gasteiger charge is 2.10. The minimum absolute atomic E-state index is 0.293. The van der Waals surface area contributed by atoms with Gasteiger partial charge in [0, 0.05) is 29.6 Å². The Labute approximate surface area is 120 Å². The van der Waals surface area contributed by atoms with E-state index in [2.05, 4.69) is 18.3 Å². The summed E-state index contributed by atoms with van der Waals surface area (Å²) in [6.45, 7) is 2.85. The summed E-state index contributed by atoms with van der Waals surface area (Å²) in [6, 6.07) is 14.4. The Morgan fingerprint density at radius 2 is 1.95 bits per heavy atom. The first-order valence-corrected chi connectivity index (χ1v) is 6.97. The smallest absolute Gasteiger partial charge is 0.0998 e. The van der Waals surface area contributed by atoms with Gasteiger partial charge in [-0.15, -0.1) is 0 Å². The molecule has 1 N–H and O–H groups in total. The van der Waals surface area contributed by atoms with Gasteiger partial charge in [0.15, 0.2) is 0 Å². The molecule has 0 heterocycles. The predicted octanol–water partition coefficient (Wildman–Crippen LogP) is 3.94. The SMILES string of the molecule is CCCC(COC)Nc1ccc(C#N)c2ccccc12. The molecule has 104 valence electrons. The van der Waals surface area contributed by atoms with Crippen LogP contribution in [0.15, 0.2) is 36.4 Å². The van der Waals surface area contributed by atoms with Crippen LogP contribution in [0.1, 0.15) is 25.3 Å². The van der Waals surface area contributed by atoms with Gasteiger partial charge in [-0.3, -0.25) is 0 Å². The molecule has 1 atom stereocenters. The number of hydrogen-bond donors (Lipinski definition) is 1.